The molecular weight excluding hydrogens is 450 g/mol. The second kappa shape index (κ2) is 9.35. The molecule has 3 aromatic carbocycles. The molecule has 3 aromatic rings. The van der Waals surface area contributed by atoms with Crippen molar-refractivity contribution in [2.24, 2.45) is 0 Å². The Morgan fingerprint density at radius 3 is 1.42 bits per heavy atom. The Balaban J connectivity index is 1.88. The molecule has 10 heteroatoms. The van der Waals surface area contributed by atoms with Gasteiger partial charge in [0.1, 0.15) is 5.92 Å². The Bertz CT molecular complexity index is 1070. The fraction of sp³-hybridized carbons (Fsp3) is 0.130. The topological polar surface area (TPSA) is 58.2 Å². The lowest BCUT2D eigenvalue weighted by Gasteiger charge is -2.18. The molecule has 0 aliphatic rings. The molecule has 0 atom stereocenters. The van der Waals surface area contributed by atoms with Crippen LogP contribution in [-0.2, 0) is 21.9 Å². The first-order valence-electron chi connectivity index (χ1n) is 9.46. The van der Waals surface area contributed by atoms with Crippen LogP contribution in [0.1, 0.15) is 22.6 Å². The molecule has 0 saturated carbocycles. The molecule has 0 aromatic heterocycles. The first-order valence-corrected chi connectivity index (χ1v) is 9.46. The molecule has 2 amide bonds. The summed E-state index contributed by atoms with van der Waals surface area (Å²) in [6.45, 7) is 0. The van der Waals surface area contributed by atoms with Gasteiger partial charge in [-0.3, -0.25) is 9.59 Å². The summed E-state index contributed by atoms with van der Waals surface area (Å²) in [6, 6.07) is 15.3. The van der Waals surface area contributed by atoms with E-state index in [-0.39, 0.29) is 16.9 Å². The molecule has 0 heterocycles. The van der Waals surface area contributed by atoms with E-state index >= 15 is 0 Å². The molecule has 2 N–H and O–H groups in total. The van der Waals surface area contributed by atoms with Gasteiger partial charge in [-0.15, -0.1) is 0 Å². The Labute approximate surface area is 184 Å². The minimum absolute atomic E-state index is 0.192. The average Bonchev–Trinajstić information content (AvgIpc) is 2.74. The number of carbonyl (C=O) groups excluding carboxylic acids is 2. The van der Waals surface area contributed by atoms with E-state index in [9.17, 15) is 35.9 Å². The maximum atomic E-state index is 13.0. The zero-order valence-electron chi connectivity index (χ0n) is 16.7. The molecule has 4 nitrogen and oxygen atoms in total. The summed E-state index contributed by atoms with van der Waals surface area (Å²) in [5.74, 6) is -3.45. The third kappa shape index (κ3) is 6.12. The molecule has 172 valence electrons. The van der Waals surface area contributed by atoms with Crippen molar-refractivity contribution in [3.8, 4) is 0 Å². The Morgan fingerprint density at radius 2 is 1.03 bits per heavy atom. The van der Waals surface area contributed by atoms with Crippen molar-refractivity contribution < 1.29 is 35.9 Å². The highest BCUT2D eigenvalue weighted by Crippen LogP contribution is 2.32. The van der Waals surface area contributed by atoms with Crippen LogP contribution in [0, 0.1) is 0 Å². The van der Waals surface area contributed by atoms with E-state index in [1.807, 2.05) is 0 Å². The van der Waals surface area contributed by atoms with E-state index in [1.165, 1.54) is 36.4 Å². The minimum atomic E-state index is -4.64. The van der Waals surface area contributed by atoms with Crippen molar-refractivity contribution in [3.63, 3.8) is 0 Å². The van der Waals surface area contributed by atoms with E-state index in [0.717, 1.165) is 24.3 Å². The SMILES string of the molecule is O=C(Nc1cccc(C(F)(F)F)c1)C(C(=O)Nc1cccc(C(F)(F)F)c1)c1ccccc1. The van der Waals surface area contributed by atoms with Gasteiger partial charge in [0.25, 0.3) is 0 Å². The van der Waals surface area contributed by atoms with Crippen LogP contribution in [0.2, 0.25) is 0 Å². The Hall–Kier alpha value is -3.82. The summed E-state index contributed by atoms with van der Waals surface area (Å²) in [6.07, 6.45) is -9.28. The van der Waals surface area contributed by atoms with Crippen molar-refractivity contribution in [2.45, 2.75) is 18.3 Å². The van der Waals surface area contributed by atoms with Crippen LogP contribution in [0.4, 0.5) is 37.7 Å². The molecule has 3 rings (SSSR count). The zero-order valence-corrected chi connectivity index (χ0v) is 16.7. The van der Waals surface area contributed by atoms with Crippen molar-refractivity contribution in [1.29, 1.82) is 0 Å². The number of alkyl halides is 6. The first kappa shape index (κ1) is 23.8. The number of nitrogens with one attached hydrogen (secondary N) is 2. The van der Waals surface area contributed by atoms with E-state index in [4.69, 9.17) is 0 Å². The first-order chi connectivity index (χ1) is 15.4. The van der Waals surface area contributed by atoms with Crippen LogP contribution in [0.15, 0.2) is 78.9 Å². The van der Waals surface area contributed by atoms with Gasteiger partial charge in [0.2, 0.25) is 11.8 Å². The molecule has 0 aliphatic heterocycles. The van der Waals surface area contributed by atoms with Gasteiger partial charge < -0.3 is 10.6 Å². The van der Waals surface area contributed by atoms with Crippen molar-refractivity contribution in [1.82, 2.24) is 0 Å². The fourth-order valence-electron chi connectivity index (χ4n) is 3.04. The highest BCUT2D eigenvalue weighted by molar-refractivity contribution is 6.15. The second-order valence-electron chi connectivity index (χ2n) is 6.98. The maximum absolute atomic E-state index is 13.0. The number of anilines is 2. The van der Waals surface area contributed by atoms with Gasteiger partial charge in [-0.1, -0.05) is 42.5 Å². The quantitative estimate of drug-likeness (QED) is 0.354. The summed E-state index contributed by atoms with van der Waals surface area (Å²) in [4.78, 5) is 25.8. The highest BCUT2D eigenvalue weighted by Gasteiger charge is 2.33. The minimum Gasteiger partial charge on any atom is -0.325 e. The predicted octanol–water partition coefficient (Wildman–Crippen LogP) is 6.09. The molecule has 0 fully saturated rings. The molecule has 0 spiro atoms. The van der Waals surface area contributed by atoms with Gasteiger partial charge in [0, 0.05) is 11.4 Å². The fourth-order valence-corrected chi connectivity index (χ4v) is 3.04. The van der Waals surface area contributed by atoms with Gasteiger partial charge >= 0.3 is 12.4 Å². The summed E-state index contributed by atoms with van der Waals surface area (Å²) in [5, 5.41) is 4.55. The number of hydrogen-bond acceptors (Lipinski definition) is 2. The standard InChI is InChI=1S/C23H16F6N2O2/c24-22(25,26)15-8-4-10-17(12-15)30-20(32)19(14-6-2-1-3-7-14)21(33)31-18-11-5-9-16(13-18)23(27,28)29/h1-13,19H,(H,30,32)(H,31,33). The van der Waals surface area contributed by atoms with E-state index in [1.54, 1.807) is 6.07 Å². The summed E-state index contributed by atoms with van der Waals surface area (Å²) >= 11 is 0. The number of rotatable bonds is 5. The molecule has 0 bridgehead atoms. The number of hydrogen-bond donors (Lipinski definition) is 2. The van der Waals surface area contributed by atoms with Crippen LogP contribution in [-0.4, -0.2) is 11.8 Å². The monoisotopic (exact) mass is 466 g/mol. The zero-order chi connectivity index (χ0) is 24.2. The van der Waals surface area contributed by atoms with E-state index in [2.05, 4.69) is 10.6 Å². The number of amides is 2. The van der Waals surface area contributed by atoms with Gasteiger partial charge in [-0.25, -0.2) is 0 Å². The molecule has 0 unspecified atom stereocenters. The van der Waals surface area contributed by atoms with Crippen LogP contribution >= 0.6 is 0 Å². The van der Waals surface area contributed by atoms with E-state index < -0.39 is 41.2 Å². The third-order valence-corrected chi connectivity index (χ3v) is 4.57. The normalized spacial score (nSPS) is 11.8. The van der Waals surface area contributed by atoms with Gasteiger partial charge in [-0.05, 0) is 42.0 Å². The third-order valence-electron chi connectivity index (χ3n) is 4.57. The van der Waals surface area contributed by atoms with Gasteiger partial charge in [0.05, 0.1) is 11.1 Å². The lowest BCUT2D eigenvalue weighted by atomic mass is 9.96. The summed E-state index contributed by atoms with van der Waals surface area (Å²) < 4.78 is 77.8. The van der Waals surface area contributed by atoms with Crippen LogP contribution < -0.4 is 10.6 Å². The largest absolute Gasteiger partial charge is 0.416 e. The smallest absolute Gasteiger partial charge is 0.325 e. The van der Waals surface area contributed by atoms with Crippen molar-refractivity contribution in [2.75, 3.05) is 10.6 Å². The Kier molecular flexibility index (Phi) is 6.75. The van der Waals surface area contributed by atoms with E-state index in [0.29, 0.717) is 12.1 Å². The number of benzene rings is 3. The molecule has 0 saturated heterocycles. The van der Waals surface area contributed by atoms with Gasteiger partial charge in [0.15, 0.2) is 0 Å². The Morgan fingerprint density at radius 1 is 0.606 bits per heavy atom. The molecule has 0 aliphatic carbocycles. The number of halogens is 6. The second-order valence-corrected chi connectivity index (χ2v) is 6.98. The molecule has 33 heavy (non-hydrogen) atoms. The summed E-state index contributed by atoms with van der Waals surface area (Å²) in [7, 11) is 0. The lowest BCUT2D eigenvalue weighted by molar-refractivity contribution is -0.138. The van der Waals surface area contributed by atoms with Crippen molar-refractivity contribution >= 4 is 23.2 Å². The van der Waals surface area contributed by atoms with Crippen molar-refractivity contribution in [3.05, 3.63) is 95.6 Å². The average molecular weight is 466 g/mol. The summed E-state index contributed by atoms with van der Waals surface area (Å²) in [5.41, 5.74) is -2.17. The predicted molar refractivity (Wildman–Crippen MR) is 109 cm³/mol. The molecule has 0 radical (unpaired) electrons. The van der Waals surface area contributed by atoms with Gasteiger partial charge in [-0.2, -0.15) is 26.3 Å². The maximum Gasteiger partial charge on any atom is 0.416 e. The number of carbonyl (C=O) groups is 2. The van der Waals surface area contributed by atoms with Crippen LogP contribution in [0.5, 0.6) is 0 Å². The van der Waals surface area contributed by atoms with Crippen LogP contribution in [0.25, 0.3) is 0 Å². The lowest BCUT2D eigenvalue weighted by Crippen LogP contribution is -2.32. The van der Waals surface area contributed by atoms with Crippen LogP contribution in [0.3, 0.4) is 0 Å². The highest BCUT2D eigenvalue weighted by atomic mass is 19.4. The molecular formula is C23H16F6N2O2.